The molecule has 0 bridgehead atoms. The largest absolute Gasteiger partial charge is 0.362 e. The SMILES string of the molecule is Cc1cc(NC(=S)NCCCc2ccccc2)ccc1F. The summed E-state index contributed by atoms with van der Waals surface area (Å²) in [6.45, 7) is 2.54. The molecule has 0 spiro atoms. The van der Waals surface area contributed by atoms with Gasteiger partial charge in [0, 0.05) is 12.2 Å². The fourth-order valence-electron chi connectivity index (χ4n) is 2.04. The second-order valence-corrected chi connectivity index (χ2v) is 5.34. The highest BCUT2D eigenvalue weighted by molar-refractivity contribution is 7.80. The Kier molecular flexibility index (Phi) is 5.69. The molecule has 0 fully saturated rings. The Morgan fingerprint density at radius 3 is 2.62 bits per heavy atom. The number of nitrogens with one attached hydrogen (secondary N) is 2. The molecule has 21 heavy (non-hydrogen) atoms. The van der Waals surface area contributed by atoms with E-state index in [0.717, 1.165) is 25.1 Å². The Labute approximate surface area is 130 Å². The quantitative estimate of drug-likeness (QED) is 0.643. The minimum absolute atomic E-state index is 0.206. The Morgan fingerprint density at radius 1 is 1.14 bits per heavy atom. The van der Waals surface area contributed by atoms with E-state index in [9.17, 15) is 4.39 Å². The van der Waals surface area contributed by atoms with Gasteiger partial charge in [0.05, 0.1) is 0 Å². The highest BCUT2D eigenvalue weighted by Crippen LogP contribution is 2.13. The monoisotopic (exact) mass is 302 g/mol. The fraction of sp³-hybridized carbons (Fsp3) is 0.235. The number of hydrogen-bond donors (Lipinski definition) is 2. The minimum Gasteiger partial charge on any atom is -0.362 e. The Bertz CT molecular complexity index is 599. The molecule has 2 nitrogen and oxygen atoms in total. The lowest BCUT2D eigenvalue weighted by Gasteiger charge is -2.11. The van der Waals surface area contributed by atoms with Crippen LogP contribution in [0.3, 0.4) is 0 Å². The summed E-state index contributed by atoms with van der Waals surface area (Å²) in [6.07, 6.45) is 2.03. The molecule has 0 amide bonds. The smallest absolute Gasteiger partial charge is 0.170 e. The number of thiocarbonyl (C=S) groups is 1. The molecule has 2 aromatic carbocycles. The molecular formula is C17H19FN2S. The first-order chi connectivity index (χ1) is 10.1. The third-order valence-corrected chi connectivity index (χ3v) is 3.43. The lowest BCUT2D eigenvalue weighted by Crippen LogP contribution is -2.29. The second-order valence-electron chi connectivity index (χ2n) is 4.93. The summed E-state index contributed by atoms with van der Waals surface area (Å²) in [4.78, 5) is 0. The molecule has 110 valence electrons. The molecule has 2 N–H and O–H groups in total. The van der Waals surface area contributed by atoms with E-state index in [4.69, 9.17) is 12.2 Å². The van der Waals surface area contributed by atoms with Gasteiger partial charge in [-0.15, -0.1) is 0 Å². The predicted octanol–water partition coefficient (Wildman–Crippen LogP) is 4.05. The van der Waals surface area contributed by atoms with E-state index in [1.807, 2.05) is 18.2 Å². The molecule has 0 saturated heterocycles. The van der Waals surface area contributed by atoms with Gasteiger partial charge in [0.2, 0.25) is 0 Å². The molecule has 0 heterocycles. The van der Waals surface area contributed by atoms with Gasteiger partial charge in [0.1, 0.15) is 5.82 Å². The van der Waals surface area contributed by atoms with Crippen LogP contribution in [0.4, 0.5) is 10.1 Å². The van der Waals surface area contributed by atoms with Gasteiger partial charge in [-0.1, -0.05) is 30.3 Å². The van der Waals surface area contributed by atoms with Crippen molar-refractivity contribution < 1.29 is 4.39 Å². The van der Waals surface area contributed by atoms with Crippen molar-refractivity contribution in [2.45, 2.75) is 19.8 Å². The van der Waals surface area contributed by atoms with Crippen LogP contribution in [0.2, 0.25) is 0 Å². The van der Waals surface area contributed by atoms with Gasteiger partial charge in [0.15, 0.2) is 5.11 Å². The van der Waals surface area contributed by atoms with Gasteiger partial charge < -0.3 is 10.6 Å². The molecular weight excluding hydrogens is 283 g/mol. The fourth-order valence-corrected chi connectivity index (χ4v) is 2.26. The van der Waals surface area contributed by atoms with Crippen LogP contribution in [-0.4, -0.2) is 11.7 Å². The summed E-state index contributed by atoms with van der Waals surface area (Å²) in [6, 6.07) is 15.2. The first-order valence-electron chi connectivity index (χ1n) is 7.00. The zero-order valence-electron chi connectivity index (χ0n) is 12.0. The highest BCUT2D eigenvalue weighted by atomic mass is 32.1. The van der Waals surface area contributed by atoms with Crippen molar-refractivity contribution in [3.8, 4) is 0 Å². The summed E-state index contributed by atoms with van der Waals surface area (Å²) in [5, 5.41) is 6.79. The molecule has 0 unspecified atom stereocenters. The maximum atomic E-state index is 13.2. The van der Waals surface area contributed by atoms with E-state index in [2.05, 4.69) is 22.8 Å². The minimum atomic E-state index is -0.206. The predicted molar refractivity (Wildman–Crippen MR) is 90.1 cm³/mol. The second kappa shape index (κ2) is 7.74. The van der Waals surface area contributed by atoms with E-state index in [1.54, 1.807) is 19.1 Å². The van der Waals surface area contributed by atoms with Crippen molar-refractivity contribution in [2.24, 2.45) is 0 Å². The molecule has 0 aromatic heterocycles. The third-order valence-electron chi connectivity index (χ3n) is 3.19. The van der Waals surface area contributed by atoms with Gasteiger partial charge >= 0.3 is 0 Å². The zero-order chi connectivity index (χ0) is 15.1. The highest BCUT2D eigenvalue weighted by Gasteiger charge is 2.01. The molecule has 0 aliphatic rings. The van der Waals surface area contributed by atoms with E-state index < -0.39 is 0 Å². The Balaban J connectivity index is 1.71. The summed E-state index contributed by atoms with van der Waals surface area (Å²) in [5.74, 6) is -0.206. The number of benzene rings is 2. The molecule has 0 aliphatic carbocycles. The van der Waals surface area contributed by atoms with Crippen molar-refractivity contribution in [3.63, 3.8) is 0 Å². The third kappa shape index (κ3) is 5.16. The van der Waals surface area contributed by atoms with Gasteiger partial charge in [-0.2, -0.15) is 0 Å². The van der Waals surface area contributed by atoms with Gasteiger partial charge in [-0.3, -0.25) is 0 Å². The standard InChI is InChI=1S/C17H19FN2S/c1-13-12-15(9-10-16(13)18)20-17(21)19-11-5-8-14-6-3-2-4-7-14/h2-4,6-7,9-10,12H,5,8,11H2,1H3,(H2,19,20,21). The molecule has 0 aliphatic heterocycles. The molecule has 0 atom stereocenters. The number of aryl methyl sites for hydroxylation is 2. The van der Waals surface area contributed by atoms with Crippen LogP contribution in [0, 0.1) is 12.7 Å². The van der Waals surface area contributed by atoms with Crippen LogP contribution >= 0.6 is 12.2 Å². The van der Waals surface area contributed by atoms with Crippen molar-refractivity contribution in [2.75, 3.05) is 11.9 Å². The van der Waals surface area contributed by atoms with Crippen molar-refractivity contribution in [1.82, 2.24) is 5.32 Å². The van der Waals surface area contributed by atoms with Gasteiger partial charge in [0.25, 0.3) is 0 Å². The zero-order valence-corrected chi connectivity index (χ0v) is 12.8. The van der Waals surface area contributed by atoms with Crippen LogP contribution in [0.1, 0.15) is 17.5 Å². The topological polar surface area (TPSA) is 24.1 Å². The van der Waals surface area contributed by atoms with E-state index >= 15 is 0 Å². The molecule has 4 heteroatoms. The molecule has 0 saturated carbocycles. The van der Waals surface area contributed by atoms with Gasteiger partial charge in [-0.25, -0.2) is 4.39 Å². The summed E-state index contributed by atoms with van der Waals surface area (Å²) in [7, 11) is 0. The van der Waals surface area contributed by atoms with Crippen LogP contribution in [0.25, 0.3) is 0 Å². The number of hydrogen-bond acceptors (Lipinski definition) is 1. The van der Waals surface area contributed by atoms with Crippen molar-refractivity contribution in [3.05, 3.63) is 65.5 Å². The molecule has 0 radical (unpaired) electrons. The first-order valence-corrected chi connectivity index (χ1v) is 7.41. The van der Waals surface area contributed by atoms with Crippen molar-refractivity contribution in [1.29, 1.82) is 0 Å². The average molecular weight is 302 g/mol. The Morgan fingerprint density at radius 2 is 1.90 bits per heavy atom. The van der Waals surface area contributed by atoms with Crippen LogP contribution in [0.5, 0.6) is 0 Å². The summed E-state index contributed by atoms with van der Waals surface area (Å²) < 4.78 is 13.2. The van der Waals surface area contributed by atoms with E-state index in [0.29, 0.717) is 10.7 Å². The molecule has 2 aromatic rings. The van der Waals surface area contributed by atoms with E-state index in [1.165, 1.54) is 11.6 Å². The summed E-state index contributed by atoms with van der Waals surface area (Å²) in [5.41, 5.74) is 2.73. The van der Waals surface area contributed by atoms with Crippen LogP contribution in [-0.2, 0) is 6.42 Å². The number of halogens is 1. The van der Waals surface area contributed by atoms with Gasteiger partial charge in [-0.05, 0) is 61.3 Å². The van der Waals surface area contributed by atoms with E-state index in [-0.39, 0.29) is 5.82 Å². The Hall–Kier alpha value is -1.94. The molecule has 2 rings (SSSR count). The summed E-state index contributed by atoms with van der Waals surface area (Å²) >= 11 is 5.23. The van der Waals surface area contributed by atoms with Crippen molar-refractivity contribution >= 4 is 23.0 Å². The lowest BCUT2D eigenvalue weighted by atomic mass is 10.1. The maximum Gasteiger partial charge on any atom is 0.170 e. The lowest BCUT2D eigenvalue weighted by molar-refractivity contribution is 0.619. The van der Waals surface area contributed by atoms with Crippen LogP contribution < -0.4 is 10.6 Å². The number of rotatable bonds is 5. The first kappa shape index (κ1) is 15.4. The van der Waals surface area contributed by atoms with Crippen LogP contribution in [0.15, 0.2) is 48.5 Å². The maximum absolute atomic E-state index is 13.2. The average Bonchev–Trinajstić information content (AvgIpc) is 2.49. The number of anilines is 1. The normalized spacial score (nSPS) is 10.2.